The van der Waals surface area contributed by atoms with Gasteiger partial charge in [0.05, 0.1) is 20.3 Å². The highest BCUT2D eigenvalue weighted by molar-refractivity contribution is 14.0. The number of rotatable bonds is 9. The van der Waals surface area contributed by atoms with Gasteiger partial charge in [0.25, 0.3) is 0 Å². The molecule has 0 atom stereocenters. The summed E-state index contributed by atoms with van der Waals surface area (Å²) in [6, 6.07) is 6.07. The van der Waals surface area contributed by atoms with Crippen molar-refractivity contribution in [3.63, 3.8) is 0 Å². The minimum Gasteiger partial charge on any atom is -0.493 e. The Morgan fingerprint density at radius 2 is 2.07 bits per heavy atom. The number of halogens is 1. The Labute approximate surface area is 177 Å². The summed E-state index contributed by atoms with van der Waals surface area (Å²) in [6.45, 7) is 3.98. The first-order valence-corrected chi connectivity index (χ1v) is 8.75. The fraction of sp³-hybridized carbons (Fsp3) is 0.500. The van der Waals surface area contributed by atoms with Crippen LogP contribution in [0.5, 0.6) is 11.5 Å². The van der Waals surface area contributed by atoms with Crippen LogP contribution in [0.1, 0.15) is 24.7 Å². The third-order valence-electron chi connectivity index (χ3n) is 3.91. The molecule has 0 bridgehead atoms. The molecule has 2 N–H and O–H groups in total. The highest BCUT2D eigenvalue weighted by Crippen LogP contribution is 2.28. The third kappa shape index (κ3) is 7.24. The highest BCUT2D eigenvalue weighted by Gasteiger charge is 2.06. The van der Waals surface area contributed by atoms with E-state index in [9.17, 15) is 0 Å². The molecule has 27 heavy (non-hydrogen) atoms. The number of nitrogens with zero attached hydrogens (tertiary/aromatic N) is 4. The summed E-state index contributed by atoms with van der Waals surface area (Å²) >= 11 is 0. The van der Waals surface area contributed by atoms with E-state index in [0.717, 1.165) is 42.7 Å². The molecule has 1 aromatic carbocycles. The molecule has 0 saturated heterocycles. The van der Waals surface area contributed by atoms with E-state index in [1.807, 2.05) is 30.7 Å². The van der Waals surface area contributed by atoms with Crippen molar-refractivity contribution in [2.24, 2.45) is 12.0 Å². The van der Waals surface area contributed by atoms with Gasteiger partial charge in [-0.05, 0) is 37.5 Å². The van der Waals surface area contributed by atoms with Gasteiger partial charge in [0.15, 0.2) is 23.3 Å². The number of hydrogen-bond acceptors (Lipinski definition) is 5. The molecule has 0 saturated carbocycles. The Morgan fingerprint density at radius 3 is 2.70 bits per heavy atom. The summed E-state index contributed by atoms with van der Waals surface area (Å²) in [5.41, 5.74) is 1.22. The Balaban J connectivity index is 0.00000364. The molecule has 0 amide bonds. The van der Waals surface area contributed by atoms with Crippen LogP contribution in [-0.2, 0) is 20.0 Å². The average molecular weight is 488 g/mol. The number of aliphatic imine (C=N–C) groups is 1. The van der Waals surface area contributed by atoms with Crippen LogP contribution in [0.3, 0.4) is 0 Å². The van der Waals surface area contributed by atoms with Crippen molar-refractivity contribution in [1.82, 2.24) is 25.4 Å². The molecule has 2 rings (SSSR count). The second kappa shape index (κ2) is 12.4. The van der Waals surface area contributed by atoms with E-state index in [0.29, 0.717) is 13.2 Å². The van der Waals surface area contributed by atoms with E-state index >= 15 is 0 Å². The Bertz CT molecular complexity index is 720. The molecule has 0 aliphatic rings. The molecule has 0 aliphatic carbocycles. The maximum Gasteiger partial charge on any atom is 0.191 e. The monoisotopic (exact) mass is 488 g/mol. The first-order valence-electron chi connectivity index (χ1n) is 8.75. The minimum absolute atomic E-state index is 0. The maximum atomic E-state index is 5.62. The van der Waals surface area contributed by atoms with Crippen molar-refractivity contribution < 1.29 is 9.47 Å². The lowest BCUT2D eigenvalue weighted by molar-refractivity contribution is 0.310. The molecular weight excluding hydrogens is 459 g/mol. The smallest absolute Gasteiger partial charge is 0.191 e. The van der Waals surface area contributed by atoms with Crippen LogP contribution >= 0.6 is 24.0 Å². The first-order chi connectivity index (χ1) is 12.7. The molecule has 2 aromatic rings. The average Bonchev–Trinajstić information content (AvgIpc) is 3.06. The van der Waals surface area contributed by atoms with Gasteiger partial charge < -0.3 is 24.7 Å². The van der Waals surface area contributed by atoms with Crippen LogP contribution in [-0.4, -0.2) is 48.0 Å². The lowest BCUT2D eigenvalue weighted by Crippen LogP contribution is -2.37. The molecular formula is C18H29IN6O2. The molecule has 0 radical (unpaired) electrons. The lowest BCUT2D eigenvalue weighted by Gasteiger charge is -2.13. The number of benzene rings is 1. The van der Waals surface area contributed by atoms with E-state index in [4.69, 9.17) is 9.47 Å². The summed E-state index contributed by atoms with van der Waals surface area (Å²) in [5.74, 6) is 3.16. The second-order valence-corrected chi connectivity index (χ2v) is 5.73. The SMILES string of the molecule is CCOc1cc(CCCNC(=NC)NCc2nncn2C)ccc1OC.I. The van der Waals surface area contributed by atoms with Gasteiger partial charge in [0, 0.05) is 20.6 Å². The molecule has 0 fully saturated rings. The van der Waals surface area contributed by atoms with Crippen molar-refractivity contribution in [2.75, 3.05) is 27.3 Å². The molecule has 9 heteroatoms. The number of aromatic nitrogens is 3. The Morgan fingerprint density at radius 1 is 1.26 bits per heavy atom. The molecule has 1 heterocycles. The van der Waals surface area contributed by atoms with Gasteiger partial charge in [-0.1, -0.05) is 6.07 Å². The lowest BCUT2D eigenvalue weighted by atomic mass is 10.1. The zero-order chi connectivity index (χ0) is 18.8. The number of methoxy groups -OCH3 is 1. The third-order valence-corrected chi connectivity index (χ3v) is 3.91. The number of ether oxygens (including phenoxy) is 2. The van der Waals surface area contributed by atoms with Gasteiger partial charge in [0.2, 0.25) is 0 Å². The summed E-state index contributed by atoms with van der Waals surface area (Å²) in [4.78, 5) is 4.22. The maximum absolute atomic E-state index is 5.62. The van der Waals surface area contributed by atoms with Gasteiger partial charge >= 0.3 is 0 Å². The van der Waals surface area contributed by atoms with Gasteiger partial charge in [-0.25, -0.2) is 0 Å². The van der Waals surface area contributed by atoms with E-state index in [1.165, 1.54) is 5.56 Å². The highest BCUT2D eigenvalue weighted by atomic mass is 127. The van der Waals surface area contributed by atoms with Crippen LogP contribution in [0.25, 0.3) is 0 Å². The first kappa shape index (κ1) is 23.0. The predicted octanol–water partition coefficient (Wildman–Crippen LogP) is 2.14. The second-order valence-electron chi connectivity index (χ2n) is 5.73. The van der Waals surface area contributed by atoms with Crippen LogP contribution < -0.4 is 20.1 Å². The summed E-state index contributed by atoms with van der Waals surface area (Å²) in [6.07, 6.45) is 3.60. The van der Waals surface area contributed by atoms with Crippen LogP contribution in [0.15, 0.2) is 29.5 Å². The number of aryl methyl sites for hydroxylation is 2. The summed E-state index contributed by atoms with van der Waals surface area (Å²) in [7, 11) is 5.32. The largest absolute Gasteiger partial charge is 0.493 e. The Hall–Kier alpha value is -2.04. The van der Waals surface area contributed by atoms with Crippen molar-refractivity contribution >= 4 is 29.9 Å². The zero-order valence-corrected chi connectivity index (χ0v) is 18.7. The van der Waals surface area contributed by atoms with Crippen molar-refractivity contribution in [3.05, 3.63) is 35.9 Å². The topological polar surface area (TPSA) is 85.6 Å². The normalized spacial score (nSPS) is 10.9. The number of nitrogens with one attached hydrogen (secondary N) is 2. The van der Waals surface area contributed by atoms with E-state index in [2.05, 4.69) is 31.9 Å². The number of guanidine groups is 1. The van der Waals surface area contributed by atoms with Crippen molar-refractivity contribution in [2.45, 2.75) is 26.3 Å². The van der Waals surface area contributed by atoms with Gasteiger partial charge in [-0.2, -0.15) is 0 Å². The molecule has 8 nitrogen and oxygen atoms in total. The molecule has 0 unspecified atom stereocenters. The molecule has 0 spiro atoms. The van der Waals surface area contributed by atoms with Crippen molar-refractivity contribution in [3.8, 4) is 11.5 Å². The van der Waals surface area contributed by atoms with E-state index in [1.54, 1.807) is 20.5 Å². The standard InChI is InChI=1S/C18H28N6O2.HI/c1-5-26-16-11-14(8-9-15(16)25-4)7-6-10-20-18(19-2)21-12-17-23-22-13-24(17)3;/h8-9,11,13H,5-7,10,12H2,1-4H3,(H2,19,20,21);1H. The predicted molar refractivity (Wildman–Crippen MR) is 117 cm³/mol. The van der Waals surface area contributed by atoms with E-state index < -0.39 is 0 Å². The molecule has 1 aromatic heterocycles. The van der Waals surface area contributed by atoms with Crippen LogP contribution in [0, 0.1) is 0 Å². The minimum atomic E-state index is 0. The number of hydrogen-bond donors (Lipinski definition) is 2. The summed E-state index contributed by atoms with van der Waals surface area (Å²) < 4.78 is 12.8. The van der Waals surface area contributed by atoms with Gasteiger partial charge in [0.1, 0.15) is 6.33 Å². The van der Waals surface area contributed by atoms with Crippen LogP contribution in [0.2, 0.25) is 0 Å². The van der Waals surface area contributed by atoms with Crippen LogP contribution in [0.4, 0.5) is 0 Å². The fourth-order valence-electron chi connectivity index (χ4n) is 2.49. The molecule has 150 valence electrons. The van der Waals surface area contributed by atoms with E-state index in [-0.39, 0.29) is 24.0 Å². The van der Waals surface area contributed by atoms with Gasteiger partial charge in [-0.3, -0.25) is 4.99 Å². The van der Waals surface area contributed by atoms with Crippen molar-refractivity contribution in [1.29, 1.82) is 0 Å². The quantitative estimate of drug-likeness (QED) is 0.244. The fourth-order valence-corrected chi connectivity index (χ4v) is 2.49. The van der Waals surface area contributed by atoms with Gasteiger partial charge in [-0.15, -0.1) is 34.2 Å². The molecule has 0 aliphatic heterocycles. The zero-order valence-electron chi connectivity index (χ0n) is 16.4. The Kier molecular flexibility index (Phi) is 10.5. The summed E-state index contributed by atoms with van der Waals surface area (Å²) in [5, 5.41) is 14.4.